The maximum atomic E-state index is 3.36. The Morgan fingerprint density at radius 2 is 0.600 bits per heavy atom. The quantitative estimate of drug-likeness (QED) is 0.295. The van der Waals surface area contributed by atoms with Gasteiger partial charge < -0.3 is 5.32 Å². The summed E-state index contributed by atoms with van der Waals surface area (Å²) in [5.41, 5.74) is 0. The van der Waals surface area contributed by atoms with E-state index in [0.717, 1.165) is 6.54 Å². The van der Waals surface area contributed by atoms with Crippen molar-refractivity contribution in [3.05, 3.63) is 84.9 Å². The van der Waals surface area contributed by atoms with E-state index in [1.807, 2.05) is 85.0 Å². The molecule has 0 amide bonds. The van der Waals surface area contributed by atoms with Gasteiger partial charge in [0.25, 0.3) is 0 Å². The van der Waals surface area contributed by atoms with Gasteiger partial charge in [-0.1, -0.05) is 202 Å². The maximum Gasteiger partial charge on any atom is 0.0487 e. The number of nitrogens with one attached hydrogen (secondary N) is 1. The van der Waals surface area contributed by atoms with E-state index in [0.29, 0.717) is 0 Å². The molecular formula is C37H75N3. The van der Waals surface area contributed by atoms with Crippen LogP contribution in [0.5, 0.6) is 0 Å². The smallest absolute Gasteiger partial charge is 0.0487 e. The Bertz CT molecular complexity index is 580. The van der Waals surface area contributed by atoms with Crippen LogP contribution in [0.4, 0.5) is 0 Å². The molecule has 0 saturated heterocycles. The van der Waals surface area contributed by atoms with Crippen LogP contribution in [0.1, 0.15) is 117 Å². The molecule has 0 atom stereocenters. The average molecular weight is 562 g/mol. The molecule has 238 valence electrons. The van der Waals surface area contributed by atoms with Crippen molar-refractivity contribution in [3.63, 3.8) is 0 Å². The molecule has 0 bridgehead atoms. The van der Waals surface area contributed by atoms with Gasteiger partial charge >= 0.3 is 0 Å². The van der Waals surface area contributed by atoms with Crippen molar-refractivity contribution >= 4 is 10.8 Å². The molecule has 1 N–H and O–H groups in total. The predicted molar refractivity (Wildman–Crippen MR) is 195 cm³/mol. The third-order valence-corrected chi connectivity index (χ3v) is 2.88. The molecule has 40 heavy (non-hydrogen) atoms. The highest BCUT2D eigenvalue weighted by molar-refractivity contribution is 5.81. The molecule has 0 aliphatic rings. The number of nitrogens with zero attached hydrogens (tertiary/aromatic N) is 2. The average Bonchev–Trinajstić information content (AvgIpc) is 3.03. The van der Waals surface area contributed by atoms with Crippen LogP contribution in [0.25, 0.3) is 10.8 Å². The predicted octanol–water partition coefficient (Wildman–Crippen LogP) is 13.4. The number of hydrogen-bond acceptors (Lipinski definition) is 3. The first kappa shape index (κ1) is 57.4. The molecule has 0 saturated carbocycles. The highest BCUT2D eigenvalue weighted by Gasteiger charge is 1.85. The second-order valence-electron chi connectivity index (χ2n) is 6.73. The lowest BCUT2D eigenvalue weighted by Crippen LogP contribution is -2.01. The van der Waals surface area contributed by atoms with Crippen LogP contribution >= 0.6 is 0 Å². The fourth-order valence-corrected chi connectivity index (χ4v) is 1.52. The van der Waals surface area contributed by atoms with Crippen molar-refractivity contribution in [2.45, 2.75) is 117 Å². The monoisotopic (exact) mass is 562 g/mol. The largest absolute Gasteiger partial charge is 0.320 e. The fraction of sp³-hybridized carbons (Fsp3) is 0.568. The minimum atomic E-state index is 0. The van der Waals surface area contributed by atoms with Crippen LogP contribution in [0.15, 0.2) is 95.2 Å². The Kier molecular flexibility index (Phi) is 110. The lowest BCUT2D eigenvalue weighted by atomic mass is 10.1. The molecule has 0 spiro atoms. The summed E-state index contributed by atoms with van der Waals surface area (Å²) in [4.78, 5) is 0. The summed E-state index contributed by atoms with van der Waals surface area (Å²) in [6, 6.07) is 28.7. The fourth-order valence-electron chi connectivity index (χ4n) is 1.52. The van der Waals surface area contributed by atoms with Crippen LogP contribution in [0, 0.1) is 0 Å². The molecule has 3 rings (SSSR count). The third-order valence-electron chi connectivity index (χ3n) is 2.88. The Morgan fingerprint density at radius 1 is 0.450 bits per heavy atom. The van der Waals surface area contributed by atoms with Crippen molar-refractivity contribution in [2.24, 2.45) is 10.2 Å². The summed E-state index contributed by atoms with van der Waals surface area (Å²) < 4.78 is 0. The second kappa shape index (κ2) is 76.6. The first-order valence-corrected chi connectivity index (χ1v) is 15.3. The third kappa shape index (κ3) is 76.5. The summed E-state index contributed by atoms with van der Waals surface area (Å²) in [6.07, 6.45) is 3.75. The van der Waals surface area contributed by atoms with Gasteiger partial charge in [0, 0.05) is 14.1 Å². The lowest BCUT2D eigenvalue weighted by molar-refractivity contribution is 0.864. The molecule has 0 aromatic heterocycles. The molecular weight excluding hydrogens is 486 g/mol. The van der Waals surface area contributed by atoms with Gasteiger partial charge in [-0.3, -0.25) is 0 Å². The minimum Gasteiger partial charge on any atom is -0.320 e. The van der Waals surface area contributed by atoms with Crippen molar-refractivity contribution in [2.75, 3.05) is 27.7 Å². The highest BCUT2D eigenvalue weighted by atomic mass is 15.0. The molecule has 3 aromatic carbocycles. The van der Waals surface area contributed by atoms with Gasteiger partial charge in [0.2, 0.25) is 0 Å². The van der Waals surface area contributed by atoms with E-state index in [-0.39, 0.29) is 7.43 Å². The van der Waals surface area contributed by atoms with Crippen molar-refractivity contribution in [1.82, 2.24) is 5.32 Å². The first-order valence-electron chi connectivity index (χ1n) is 15.3. The van der Waals surface area contributed by atoms with Gasteiger partial charge in [0.15, 0.2) is 0 Å². The Balaban J connectivity index is -0.0000000507. The van der Waals surface area contributed by atoms with E-state index in [1.54, 1.807) is 14.1 Å². The zero-order valence-corrected chi connectivity index (χ0v) is 29.3. The summed E-state index contributed by atoms with van der Waals surface area (Å²) in [7, 11) is 5.21. The second-order valence-corrected chi connectivity index (χ2v) is 6.73. The molecule has 0 fully saturated rings. The highest BCUT2D eigenvalue weighted by Crippen LogP contribution is 2.11. The Morgan fingerprint density at radius 3 is 0.700 bits per heavy atom. The lowest BCUT2D eigenvalue weighted by Gasteiger charge is -1.92. The first-order chi connectivity index (χ1) is 19.0. The Labute approximate surface area is 255 Å². The Hall–Kier alpha value is -2.52. The topological polar surface area (TPSA) is 36.8 Å². The molecule has 0 heterocycles. The van der Waals surface area contributed by atoms with Crippen LogP contribution in [0.2, 0.25) is 0 Å². The van der Waals surface area contributed by atoms with Crippen molar-refractivity contribution in [3.8, 4) is 0 Å². The van der Waals surface area contributed by atoms with Crippen molar-refractivity contribution < 1.29 is 0 Å². The van der Waals surface area contributed by atoms with Crippen LogP contribution in [-0.4, -0.2) is 27.7 Å². The van der Waals surface area contributed by atoms with Gasteiger partial charge in [-0.15, -0.1) is 0 Å². The van der Waals surface area contributed by atoms with Gasteiger partial charge in [0.05, 0.1) is 0 Å². The normalized spacial score (nSPS) is 7.20. The number of azo groups is 1. The SMILES string of the molecule is C.CC.CC.CC.CCC.CCC.CCC.CCNC.CN=NC.c1ccc2ccccc2c1.c1ccccc1. The summed E-state index contributed by atoms with van der Waals surface area (Å²) >= 11 is 0. The van der Waals surface area contributed by atoms with E-state index < -0.39 is 0 Å². The van der Waals surface area contributed by atoms with Crippen molar-refractivity contribution in [1.29, 1.82) is 0 Å². The molecule has 0 radical (unpaired) electrons. The van der Waals surface area contributed by atoms with Gasteiger partial charge in [-0.25, -0.2) is 0 Å². The van der Waals surface area contributed by atoms with E-state index in [1.165, 1.54) is 30.0 Å². The van der Waals surface area contributed by atoms with Gasteiger partial charge in [-0.2, -0.15) is 10.2 Å². The molecule has 3 heteroatoms. The summed E-state index contributed by atoms with van der Waals surface area (Å²) in [5, 5.41) is 12.3. The maximum absolute atomic E-state index is 3.36. The number of rotatable bonds is 1. The van der Waals surface area contributed by atoms with Crippen LogP contribution in [-0.2, 0) is 0 Å². The molecule has 0 aliphatic heterocycles. The van der Waals surface area contributed by atoms with E-state index in [4.69, 9.17) is 0 Å². The van der Waals surface area contributed by atoms with Crippen LogP contribution in [0.3, 0.4) is 0 Å². The molecule has 0 unspecified atom stereocenters. The minimum absolute atomic E-state index is 0. The summed E-state index contributed by atoms with van der Waals surface area (Å²) in [5.74, 6) is 0. The zero-order valence-electron chi connectivity index (χ0n) is 29.3. The van der Waals surface area contributed by atoms with Gasteiger partial charge in [0.1, 0.15) is 0 Å². The van der Waals surface area contributed by atoms with E-state index in [2.05, 4.69) is 113 Å². The number of hydrogen-bond donors (Lipinski definition) is 1. The van der Waals surface area contributed by atoms with Crippen LogP contribution < -0.4 is 5.32 Å². The molecule has 3 aromatic rings. The summed E-state index contributed by atoms with van der Waals surface area (Å²) in [6.45, 7) is 27.9. The molecule has 3 nitrogen and oxygen atoms in total. The number of benzene rings is 3. The molecule has 0 aliphatic carbocycles. The zero-order chi connectivity index (χ0) is 32.0. The number of fused-ring (bicyclic) bond motifs is 1. The van der Waals surface area contributed by atoms with E-state index >= 15 is 0 Å². The van der Waals surface area contributed by atoms with Gasteiger partial charge in [-0.05, 0) is 24.4 Å². The standard InChI is InChI=1S/C10H8.C6H6.C3H9N.3C3H8.C2H6N2.3C2H6.CH4/c1-2-6-10-8-4-3-7-9(10)5-1;1-2-4-6-5-3-1;1-3-4-2;3*1-3-2;1-3-4-2;3*1-2;/h1-8H;1-6H;4H,3H2,1-2H3;3*3H2,1-2H3;1-2H3;3*1-2H3;1H4. The van der Waals surface area contributed by atoms with E-state index in [9.17, 15) is 0 Å².